The Morgan fingerprint density at radius 3 is 2.72 bits per heavy atom. The predicted molar refractivity (Wildman–Crippen MR) is 67.0 cm³/mol. The molecule has 0 aliphatic rings. The van der Waals surface area contributed by atoms with E-state index in [4.69, 9.17) is 4.74 Å². The number of rotatable bonds is 8. The molecular weight excluding hydrogens is 232 g/mol. The number of hydrogen-bond acceptors (Lipinski definition) is 4. The SMILES string of the molecule is CCOC(=O)CCC(=O)CCCc1ccnn1C. The molecule has 0 radical (unpaired) electrons. The van der Waals surface area contributed by atoms with Crippen LogP contribution in [0.4, 0.5) is 0 Å². The van der Waals surface area contributed by atoms with Crippen LogP contribution in [0.5, 0.6) is 0 Å². The number of nitrogens with zero attached hydrogens (tertiary/aromatic N) is 2. The average Bonchev–Trinajstić information content (AvgIpc) is 2.73. The molecule has 0 fully saturated rings. The average molecular weight is 252 g/mol. The highest BCUT2D eigenvalue weighted by Gasteiger charge is 2.08. The summed E-state index contributed by atoms with van der Waals surface area (Å²) >= 11 is 0. The smallest absolute Gasteiger partial charge is 0.306 e. The molecule has 0 spiro atoms. The summed E-state index contributed by atoms with van der Waals surface area (Å²) in [5.74, 6) is -0.178. The molecule has 1 heterocycles. The van der Waals surface area contributed by atoms with Gasteiger partial charge in [0, 0.05) is 31.8 Å². The first-order valence-corrected chi connectivity index (χ1v) is 6.27. The minimum absolute atomic E-state index is 0.116. The summed E-state index contributed by atoms with van der Waals surface area (Å²) < 4.78 is 6.58. The second kappa shape index (κ2) is 7.63. The van der Waals surface area contributed by atoms with Crippen molar-refractivity contribution in [2.45, 2.75) is 39.0 Å². The molecule has 0 aliphatic heterocycles. The van der Waals surface area contributed by atoms with Crippen molar-refractivity contribution in [2.75, 3.05) is 6.61 Å². The van der Waals surface area contributed by atoms with E-state index in [-0.39, 0.29) is 24.6 Å². The van der Waals surface area contributed by atoms with Gasteiger partial charge in [0.25, 0.3) is 0 Å². The van der Waals surface area contributed by atoms with Crippen LogP contribution >= 0.6 is 0 Å². The quantitative estimate of drug-likeness (QED) is 0.660. The third kappa shape index (κ3) is 5.12. The summed E-state index contributed by atoms with van der Waals surface area (Å²) in [5.41, 5.74) is 1.12. The van der Waals surface area contributed by atoms with Gasteiger partial charge in [0.2, 0.25) is 0 Å². The molecule has 0 saturated carbocycles. The summed E-state index contributed by atoms with van der Waals surface area (Å²) in [7, 11) is 1.89. The zero-order chi connectivity index (χ0) is 13.4. The molecule has 0 amide bonds. The molecule has 0 N–H and O–H groups in total. The Hall–Kier alpha value is -1.65. The number of carbonyl (C=O) groups excluding carboxylic acids is 2. The van der Waals surface area contributed by atoms with E-state index in [2.05, 4.69) is 5.10 Å². The third-order valence-electron chi connectivity index (χ3n) is 2.72. The van der Waals surface area contributed by atoms with E-state index in [1.165, 1.54) is 0 Å². The van der Waals surface area contributed by atoms with E-state index in [9.17, 15) is 9.59 Å². The fourth-order valence-corrected chi connectivity index (χ4v) is 1.71. The van der Waals surface area contributed by atoms with Crippen molar-refractivity contribution in [3.05, 3.63) is 18.0 Å². The topological polar surface area (TPSA) is 61.2 Å². The molecule has 0 atom stereocenters. The Balaban J connectivity index is 2.14. The van der Waals surface area contributed by atoms with Crippen molar-refractivity contribution in [1.82, 2.24) is 9.78 Å². The molecule has 0 bridgehead atoms. The van der Waals surface area contributed by atoms with Crippen LogP contribution in [0.2, 0.25) is 0 Å². The lowest BCUT2D eigenvalue weighted by Crippen LogP contribution is -2.08. The van der Waals surface area contributed by atoms with Crippen LogP contribution in [-0.4, -0.2) is 28.1 Å². The Bertz CT molecular complexity index is 399. The summed E-state index contributed by atoms with van der Waals surface area (Å²) in [5, 5.41) is 4.06. The molecule has 1 aromatic heterocycles. The minimum atomic E-state index is -0.294. The number of ketones is 1. The maximum Gasteiger partial charge on any atom is 0.306 e. The van der Waals surface area contributed by atoms with Crippen molar-refractivity contribution >= 4 is 11.8 Å². The molecule has 1 rings (SSSR count). The van der Waals surface area contributed by atoms with Gasteiger partial charge in [0.1, 0.15) is 5.78 Å². The number of aryl methyl sites for hydroxylation is 2. The Kier molecular flexibility index (Phi) is 6.11. The zero-order valence-electron chi connectivity index (χ0n) is 11.0. The van der Waals surface area contributed by atoms with Gasteiger partial charge in [-0.1, -0.05) is 0 Å². The first kappa shape index (κ1) is 14.4. The van der Waals surface area contributed by atoms with Gasteiger partial charge in [0.15, 0.2) is 0 Å². The number of ether oxygens (including phenoxy) is 1. The first-order chi connectivity index (χ1) is 8.63. The van der Waals surface area contributed by atoms with Gasteiger partial charge >= 0.3 is 5.97 Å². The maximum atomic E-state index is 11.5. The van der Waals surface area contributed by atoms with E-state index in [1.807, 2.05) is 17.8 Å². The normalized spacial score (nSPS) is 10.3. The van der Waals surface area contributed by atoms with Crippen LogP contribution in [-0.2, 0) is 27.8 Å². The highest BCUT2D eigenvalue weighted by Crippen LogP contribution is 2.06. The lowest BCUT2D eigenvalue weighted by atomic mass is 10.1. The Morgan fingerprint density at radius 2 is 2.11 bits per heavy atom. The second-order valence-electron chi connectivity index (χ2n) is 4.14. The molecule has 1 aromatic rings. The summed E-state index contributed by atoms with van der Waals surface area (Å²) in [4.78, 5) is 22.6. The minimum Gasteiger partial charge on any atom is -0.466 e. The maximum absolute atomic E-state index is 11.5. The predicted octanol–water partition coefficient (Wildman–Crippen LogP) is 1.66. The fourth-order valence-electron chi connectivity index (χ4n) is 1.71. The fraction of sp³-hybridized carbons (Fsp3) is 0.615. The molecule has 0 aromatic carbocycles. The highest BCUT2D eigenvalue weighted by atomic mass is 16.5. The van der Waals surface area contributed by atoms with Crippen LogP contribution in [0.3, 0.4) is 0 Å². The monoisotopic (exact) mass is 252 g/mol. The van der Waals surface area contributed by atoms with Crippen LogP contribution < -0.4 is 0 Å². The lowest BCUT2D eigenvalue weighted by molar-refractivity contribution is -0.144. The van der Waals surface area contributed by atoms with Gasteiger partial charge < -0.3 is 4.74 Å². The van der Waals surface area contributed by atoms with E-state index < -0.39 is 0 Å². The molecule has 18 heavy (non-hydrogen) atoms. The molecular formula is C13H20N2O3. The van der Waals surface area contributed by atoms with Gasteiger partial charge in [-0.3, -0.25) is 14.3 Å². The van der Waals surface area contributed by atoms with E-state index in [0.29, 0.717) is 13.0 Å². The first-order valence-electron chi connectivity index (χ1n) is 6.27. The second-order valence-corrected chi connectivity index (χ2v) is 4.14. The van der Waals surface area contributed by atoms with E-state index in [1.54, 1.807) is 13.1 Å². The van der Waals surface area contributed by atoms with Crippen LogP contribution in [0.1, 0.15) is 38.3 Å². The molecule has 0 saturated heterocycles. The number of Topliss-reactive ketones (excluding diaryl/α,β-unsaturated/α-hetero) is 1. The van der Waals surface area contributed by atoms with Crippen molar-refractivity contribution < 1.29 is 14.3 Å². The molecule has 0 aliphatic carbocycles. The lowest BCUT2D eigenvalue weighted by Gasteiger charge is -2.03. The number of carbonyl (C=O) groups is 2. The van der Waals surface area contributed by atoms with Crippen LogP contribution in [0, 0.1) is 0 Å². The standard InChI is InChI=1S/C13H20N2O3/c1-3-18-13(17)8-7-12(16)6-4-5-11-9-10-14-15(11)2/h9-10H,3-8H2,1-2H3. The summed E-state index contributed by atoms with van der Waals surface area (Å²) in [6.45, 7) is 2.13. The third-order valence-corrected chi connectivity index (χ3v) is 2.72. The van der Waals surface area contributed by atoms with E-state index in [0.717, 1.165) is 18.5 Å². The van der Waals surface area contributed by atoms with Gasteiger partial charge in [-0.25, -0.2) is 0 Å². The Labute approximate surface area is 107 Å². The van der Waals surface area contributed by atoms with Crippen molar-refractivity contribution in [2.24, 2.45) is 7.05 Å². The van der Waals surface area contributed by atoms with Crippen molar-refractivity contribution in [3.63, 3.8) is 0 Å². The molecule has 5 nitrogen and oxygen atoms in total. The van der Waals surface area contributed by atoms with Crippen molar-refractivity contribution in [3.8, 4) is 0 Å². The number of aromatic nitrogens is 2. The Morgan fingerprint density at radius 1 is 1.33 bits per heavy atom. The van der Waals surface area contributed by atoms with E-state index >= 15 is 0 Å². The highest BCUT2D eigenvalue weighted by molar-refractivity contribution is 5.82. The zero-order valence-corrected chi connectivity index (χ0v) is 11.0. The van der Waals surface area contributed by atoms with Gasteiger partial charge in [-0.2, -0.15) is 5.10 Å². The largest absolute Gasteiger partial charge is 0.466 e. The summed E-state index contributed by atoms with van der Waals surface area (Å²) in [6.07, 6.45) is 4.36. The van der Waals surface area contributed by atoms with Crippen LogP contribution in [0.25, 0.3) is 0 Å². The summed E-state index contributed by atoms with van der Waals surface area (Å²) in [6, 6.07) is 1.95. The van der Waals surface area contributed by atoms with Gasteiger partial charge in [0.05, 0.1) is 13.0 Å². The van der Waals surface area contributed by atoms with Crippen molar-refractivity contribution in [1.29, 1.82) is 0 Å². The van der Waals surface area contributed by atoms with Gasteiger partial charge in [-0.05, 0) is 25.8 Å². The number of hydrogen-bond donors (Lipinski definition) is 0. The van der Waals surface area contributed by atoms with Crippen LogP contribution in [0.15, 0.2) is 12.3 Å². The number of esters is 1. The van der Waals surface area contributed by atoms with Gasteiger partial charge in [-0.15, -0.1) is 0 Å². The molecule has 0 unspecified atom stereocenters. The molecule has 100 valence electrons. The molecule has 5 heteroatoms.